The summed E-state index contributed by atoms with van der Waals surface area (Å²) in [7, 11) is 0. The predicted molar refractivity (Wildman–Crippen MR) is 90.3 cm³/mol. The Morgan fingerprint density at radius 3 is 2.65 bits per heavy atom. The van der Waals surface area contributed by atoms with Gasteiger partial charge in [0.05, 0.1) is 5.02 Å². The largest absolute Gasteiger partial charge is 0.317 e. The van der Waals surface area contributed by atoms with Crippen molar-refractivity contribution < 1.29 is 0 Å². The molecule has 116 valence electrons. The second-order valence-corrected chi connectivity index (χ2v) is 5.40. The summed E-state index contributed by atoms with van der Waals surface area (Å²) >= 11 is 6.14. The van der Waals surface area contributed by atoms with Crippen molar-refractivity contribution in [3.05, 3.63) is 29.0 Å². The fourth-order valence-electron chi connectivity index (χ4n) is 2.47. The third kappa shape index (κ3) is 6.15. The lowest BCUT2D eigenvalue weighted by molar-refractivity contribution is 0.176. The summed E-state index contributed by atoms with van der Waals surface area (Å²) < 4.78 is 0. The van der Waals surface area contributed by atoms with Crippen molar-refractivity contribution in [1.82, 2.24) is 15.2 Å². The molecule has 2 heterocycles. The highest BCUT2D eigenvalue weighted by atomic mass is 35.5. The Morgan fingerprint density at radius 2 is 2.05 bits per heavy atom. The van der Waals surface area contributed by atoms with E-state index in [-0.39, 0.29) is 24.8 Å². The minimum Gasteiger partial charge on any atom is -0.317 e. The van der Waals surface area contributed by atoms with Gasteiger partial charge in [-0.25, -0.2) is 0 Å². The van der Waals surface area contributed by atoms with Gasteiger partial charge >= 0.3 is 0 Å². The van der Waals surface area contributed by atoms with Gasteiger partial charge in [0.15, 0.2) is 0 Å². The molecule has 0 atom stereocenters. The van der Waals surface area contributed by atoms with E-state index in [0.717, 1.165) is 24.0 Å². The molecule has 0 aromatic carbocycles. The van der Waals surface area contributed by atoms with Gasteiger partial charge < -0.3 is 5.32 Å². The highest BCUT2D eigenvalue weighted by Crippen LogP contribution is 2.21. The highest BCUT2D eigenvalue weighted by Gasteiger charge is 2.19. The quantitative estimate of drug-likeness (QED) is 0.890. The molecule has 0 spiro atoms. The smallest absolute Gasteiger partial charge is 0.0634 e. The number of piperidine rings is 1. The normalized spacial score (nSPS) is 16.3. The first-order chi connectivity index (χ1) is 8.79. The van der Waals surface area contributed by atoms with E-state index in [2.05, 4.69) is 22.1 Å². The van der Waals surface area contributed by atoms with Crippen molar-refractivity contribution in [2.24, 2.45) is 5.92 Å². The van der Waals surface area contributed by atoms with Crippen molar-refractivity contribution in [3.63, 3.8) is 0 Å². The second-order valence-electron chi connectivity index (χ2n) is 4.99. The van der Waals surface area contributed by atoms with E-state index in [0.29, 0.717) is 0 Å². The lowest BCUT2D eigenvalue weighted by Gasteiger charge is -2.32. The molecule has 1 fully saturated rings. The lowest BCUT2D eigenvalue weighted by atomic mass is 9.96. The Bertz CT molecular complexity index is 368. The van der Waals surface area contributed by atoms with E-state index in [1.807, 2.05) is 12.3 Å². The van der Waals surface area contributed by atoms with Crippen LogP contribution in [0.15, 0.2) is 18.5 Å². The van der Waals surface area contributed by atoms with Gasteiger partial charge in [-0.1, -0.05) is 18.5 Å². The zero-order valence-electron chi connectivity index (χ0n) is 11.8. The molecule has 0 bridgehead atoms. The maximum atomic E-state index is 6.14. The molecule has 0 radical (unpaired) electrons. The summed E-state index contributed by atoms with van der Waals surface area (Å²) in [6.45, 7) is 7.71. The lowest BCUT2D eigenvalue weighted by Crippen LogP contribution is -2.36. The van der Waals surface area contributed by atoms with Crippen LogP contribution < -0.4 is 5.32 Å². The Labute approximate surface area is 139 Å². The van der Waals surface area contributed by atoms with Crippen LogP contribution in [0, 0.1) is 5.92 Å². The molecule has 0 amide bonds. The number of nitrogens with one attached hydrogen (secondary N) is 1. The third-order valence-corrected chi connectivity index (χ3v) is 3.98. The van der Waals surface area contributed by atoms with E-state index in [9.17, 15) is 0 Å². The first-order valence-electron chi connectivity index (χ1n) is 6.81. The molecule has 0 saturated carbocycles. The first kappa shape index (κ1) is 19.9. The summed E-state index contributed by atoms with van der Waals surface area (Å²) in [6, 6.07) is 2.02. The monoisotopic (exact) mass is 339 g/mol. The number of pyridine rings is 1. The van der Waals surface area contributed by atoms with Crippen molar-refractivity contribution in [2.45, 2.75) is 26.3 Å². The average molecular weight is 341 g/mol. The van der Waals surface area contributed by atoms with E-state index in [4.69, 9.17) is 11.6 Å². The molecule has 20 heavy (non-hydrogen) atoms. The summed E-state index contributed by atoms with van der Waals surface area (Å²) in [5, 5.41) is 4.23. The van der Waals surface area contributed by atoms with Gasteiger partial charge in [-0.2, -0.15) is 0 Å². The molecule has 1 saturated heterocycles. The molecule has 6 heteroatoms. The van der Waals surface area contributed by atoms with Crippen LogP contribution in [0.3, 0.4) is 0 Å². The maximum Gasteiger partial charge on any atom is 0.0634 e. The summed E-state index contributed by atoms with van der Waals surface area (Å²) in [5.74, 6) is 0.842. The molecule has 3 nitrogen and oxygen atoms in total. The van der Waals surface area contributed by atoms with Gasteiger partial charge in [-0.3, -0.25) is 9.88 Å². The molecule has 2 rings (SSSR count). The van der Waals surface area contributed by atoms with Crippen molar-refractivity contribution in [1.29, 1.82) is 0 Å². The minimum atomic E-state index is 0. The van der Waals surface area contributed by atoms with Gasteiger partial charge in [0.25, 0.3) is 0 Å². The van der Waals surface area contributed by atoms with Gasteiger partial charge in [0.1, 0.15) is 0 Å². The van der Waals surface area contributed by atoms with Crippen LogP contribution in [0.5, 0.6) is 0 Å². The number of aromatic nitrogens is 1. The number of likely N-dealkylation sites (tertiary alicyclic amines) is 1. The second kappa shape index (κ2) is 10.6. The SMILES string of the molecule is CCNCC1CCN(Cc2ccncc2Cl)CC1.Cl.Cl. The minimum absolute atomic E-state index is 0. The predicted octanol–water partition coefficient (Wildman–Crippen LogP) is 3.40. The van der Waals surface area contributed by atoms with Crippen LogP contribution in [0.4, 0.5) is 0 Å². The van der Waals surface area contributed by atoms with Gasteiger partial charge in [-0.05, 0) is 56.6 Å². The molecule has 1 aliphatic rings. The molecule has 0 aliphatic carbocycles. The number of halogens is 3. The summed E-state index contributed by atoms with van der Waals surface area (Å²) in [5.41, 5.74) is 1.19. The van der Waals surface area contributed by atoms with Crippen molar-refractivity contribution in [2.75, 3.05) is 26.2 Å². The highest BCUT2D eigenvalue weighted by molar-refractivity contribution is 6.31. The number of hydrogen-bond donors (Lipinski definition) is 1. The van der Waals surface area contributed by atoms with Crippen LogP contribution >= 0.6 is 36.4 Å². The van der Waals surface area contributed by atoms with Crippen molar-refractivity contribution >= 4 is 36.4 Å². The first-order valence-corrected chi connectivity index (χ1v) is 7.19. The standard InChI is InChI=1S/C14H22ClN3.2ClH/c1-2-16-9-12-4-7-18(8-5-12)11-13-3-6-17-10-14(13)15;;/h3,6,10,12,16H,2,4-5,7-9,11H2,1H3;2*1H. The topological polar surface area (TPSA) is 28.2 Å². The summed E-state index contributed by atoms with van der Waals surface area (Å²) in [4.78, 5) is 6.51. The third-order valence-electron chi connectivity index (χ3n) is 3.64. The number of rotatable bonds is 5. The molecule has 1 N–H and O–H groups in total. The van der Waals surface area contributed by atoms with E-state index in [1.165, 1.54) is 38.0 Å². The molecule has 1 aliphatic heterocycles. The Kier molecular flexibility index (Phi) is 10.6. The Morgan fingerprint density at radius 1 is 1.35 bits per heavy atom. The molecule has 1 aromatic rings. The van der Waals surface area contributed by atoms with Crippen LogP contribution in [0.2, 0.25) is 5.02 Å². The maximum absolute atomic E-state index is 6.14. The van der Waals surface area contributed by atoms with Crippen molar-refractivity contribution in [3.8, 4) is 0 Å². The molecule has 1 aromatic heterocycles. The van der Waals surface area contributed by atoms with E-state index >= 15 is 0 Å². The fraction of sp³-hybridized carbons (Fsp3) is 0.643. The Balaban J connectivity index is 0.00000180. The van der Waals surface area contributed by atoms with Crippen LogP contribution in [-0.2, 0) is 6.54 Å². The number of nitrogens with zero attached hydrogens (tertiary/aromatic N) is 2. The van der Waals surface area contributed by atoms with E-state index < -0.39 is 0 Å². The van der Waals surface area contributed by atoms with Crippen LogP contribution in [0.1, 0.15) is 25.3 Å². The zero-order chi connectivity index (χ0) is 12.8. The Hall–Kier alpha value is -0.0600. The number of hydrogen-bond acceptors (Lipinski definition) is 3. The van der Waals surface area contributed by atoms with Gasteiger partial charge in [-0.15, -0.1) is 24.8 Å². The molecular weight excluding hydrogens is 317 g/mol. The fourth-order valence-corrected chi connectivity index (χ4v) is 2.65. The molecular formula is C14H24Cl3N3. The van der Waals surface area contributed by atoms with Crippen LogP contribution in [0.25, 0.3) is 0 Å². The summed E-state index contributed by atoms with van der Waals surface area (Å²) in [6.07, 6.45) is 6.12. The zero-order valence-corrected chi connectivity index (χ0v) is 14.2. The van der Waals surface area contributed by atoms with Gasteiger partial charge in [0.2, 0.25) is 0 Å². The van der Waals surface area contributed by atoms with E-state index in [1.54, 1.807) is 6.20 Å². The average Bonchev–Trinajstić information content (AvgIpc) is 2.41. The van der Waals surface area contributed by atoms with Gasteiger partial charge in [0, 0.05) is 18.9 Å². The molecule has 0 unspecified atom stereocenters. The van der Waals surface area contributed by atoms with Crippen LogP contribution in [-0.4, -0.2) is 36.1 Å².